The first-order valence-corrected chi connectivity index (χ1v) is 16.1. The van der Waals surface area contributed by atoms with Gasteiger partial charge in [0.2, 0.25) is 0 Å². The van der Waals surface area contributed by atoms with E-state index in [0.29, 0.717) is 23.1 Å². The van der Waals surface area contributed by atoms with Crippen molar-refractivity contribution in [2.75, 3.05) is 0 Å². The summed E-state index contributed by atoms with van der Waals surface area (Å²) < 4.78 is 12.4. The molecule has 0 unspecified atom stereocenters. The van der Waals surface area contributed by atoms with E-state index < -0.39 is 0 Å². The van der Waals surface area contributed by atoms with E-state index in [0.717, 1.165) is 66.5 Å². The minimum atomic E-state index is 0.498. The fraction of sp³-hybridized carbons (Fsp3) is 0.0233. The van der Waals surface area contributed by atoms with Gasteiger partial charge in [-0.3, -0.25) is 4.98 Å². The molecule has 49 heavy (non-hydrogen) atoms. The Morgan fingerprint density at radius 2 is 1.29 bits per heavy atom. The number of hydrogen-bond donors (Lipinski definition) is 0. The Morgan fingerprint density at radius 3 is 2.12 bits per heavy atom. The van der Waals surface area contributed by atoms with Crippen LogP contribution in [0.15, 0.2) is 143 Å². The summed E-state index contributed by atoms with van der Waals surface area (Å²) in [5.41, 5.74) is 7.77. The van der Waals surface area contributed by atoms with E-state index in [1.165, 1.54) is 10.8 Å². The molecule has 0 amide bonds. The highest BCUT2D eigenvalue weighted by molar-refractivity contribution is 6.11. The summed E-state index contributed by atoms with van der Waals surface area (Å²) in [6.07, 6.45) is 9.25. The fourth-order valence-corrected chi connectivity index (χ4v) is 6.63. The highest BCUT2D eigenvalue weighted by Crippen LogP contribution is 2.39. The van der Waals surface area contributed by atoms with Crippen molar-refractivity contribution in [3.05, 3.63) is 146 Å². The zero-order valence-corrected chi connectivity index (χ0v) is 26.6. The first-order valence-electron chi connectivity index (χ1n) is 16.1. The van der Waals surface area contributed by atoms with Crippen molar-refractivity contribution in [1.82, 2.24) is 19.9 Å². The first-order chi connectivity index (χ1) is 24.2. The van der Waals surface area contributed by atoms with Crippen LogP contribution in [0.1, 0.15) is 18.2 Å². The summed E-state index contributed by atoms with van der Waals surface area (Å²) in [6, 6.07) is 37.2. The minimum Gasteiger partial charge on any atom is -0.456 e. The Balaban J connectivity index is 1.26. The smallest absolute Gasteiger partial charge is 0.166 e. The summed E-state index contributed by atoms with van der Waals surface area (Å²) in [5, 5.41) is 5.19. The van der Waals surface area contributed by atoms with Gasteiger partial charge in [0, 0.05) is 44.6 Å². The Bertz CT molecular complexity index is 2750. The van der Waals surface area contributed by atoms with Crippen molar-refractivity contribution in [3.63, 3.8) is 0 Å². The third-order valence-corrected chi connectivity index (χ3v) is 8.93. The molecule has 0 saturated carbocycles. The molecule has 5 aromatic carbocycles. The summed E-state index contributed by atoms with van der Waals surface area (Å²) in [6.45, 7) is 6.07. The van der Waals surface area contributed by atoms with Crippen LogP contribution in [0.3, 0.4) is 0 Å². The average Bonchev–Trinajstić information content (AvgIpc) is 3.72. The van der Waals surface area contributed by atoms with Crippen molar-refractivity contribution < 1.29 is 8.83 Å². The van der Waals surface area contributed by atoms with Crippen molar-refractivity contribution >= 4 is 55.8 Å². The molecule has 0 fully saturated rings. The van der Waals surface area contributed by atoms with Gasteiger partial charge in [-0.05, 0) is 53.1 Å². The number of allylic oxidation sites excluding steroid dienone is 1. The molecule has 9 rings (SSSR count). The molecule has 0 saturated heterocycles. The molecule has 0 bridgehead atoms. The molecule has 232 valence electrons. The summed E-state index contributed by atoms with van der Waals surface area (Å²) in [7, 11) is 0. The maximum Gasteiger partial charge on any atom is 0.166 e. The van der Waals surface area contributed by atoms with Gasteiger partial charge in [0.25, 0.3) is 0 Å². The minimum absolute atomic E-state index is 0.498. The van der Waals surface area contributed by atoms with Gasteiger partial charge < -0.3 is 8.83 Å². The van der Waals surface area contributed by atoms with Crippen molar-refractivity contribution in [2.24, 2.45) is 0 Å². The zero-order chi connectivity index (χ0) is 32.9. The molecule has 0 aliphatic heterocycles. The highest BCUT2D eigenvalue weighted by atomic mass is 16.3. The maximum absolute atomic E-state index is 6.25. The molecule has 0 spiro atoms. The molecule has 0 N–H and O–H groups in total. The molecular weight excluding hydrogens is 604 g/mol. The largest absolute Gasteiger partial charge is 0.456 e. The number of pyridine rings is 1. The summed E-state index contributed by atoms with van der Waals surface area (Å²) in [4.78, 5) is 19.8. The number of nitrogens with zero attached hydrogens (tertiary/aromatic N) is 4. The fourth-order valence-electron chi connectivity index (χ4n) is 6.63. The SMILES string of the molecule is C=Cc1c(/C=C\C)oc2cccc(-c3nc(-c4ccc(-c5ccc6ccccc6c5)cc4)nc(-c4cncc5oc6ccccc6c45)n3)c12. The van der Waals surface area contributed by atoms with Crippen LogP contribution in [-0.4, -0.2) is 19.9 Å². The van der Waals surface area contributed by atoms with Crippen LogP contribution >= 0.6 is 0 Å². The predicted octanol–water partition coefficient (Wildman–Crippen LogP) is 11.4. The second-order valence-electron chi connectivity index (χ2n) is 11.9. The van der Waals surface area contributed by atoms with E-state index in [1.54, 1.807) is 12.4 Å². The van der Waals surface area contributed by atoms with E-state index in [2.05, 4.69) is 78.3 Å². The van der Waals surface area contributed by atoms with Crippen molar-refractivity contribution in [3.8, 4) is 45.3 Å². The van der Waals surface area contributed by atoms with Crippen molar-refractivity contribution in [2.45, 2.75) is 6.92 Å². The lowest BCUT2D eigenvalue weighted by molar-refractivity contribution is 0.603. The van der Waals surface area contributed by atoms with Crippen molar-refractivity contribution in [1.29, 1.82) is 0 Å². The lowest BCUT2D eigenvalue weighted by Crippen LogP contribution is -2.01. The quantitative estimate of drug-likeness (QED) is 0.181. The van der Waals surface area contributed by atoms with Gasteiger partial charge in [-0.2, -0.15) is 0 Å². The average molecular weight is 633 g/mol. The Labute approximate surface area is 281 Å². The number of hydrogen-bond acceptors (Lipinski definition) is 6. The summed E-state index contributed by atoms with van der Waals surface area (Å²) in [5.74, 6) is 2.30. The van der Waals surface area contributed by atoms with Crippen LogP contribution in [0.4, 0.5) is 0 Å². The second-order valence-corrected chi connectivity index (χ2v) is 11.9. The molecule has 4 heterocycles. The Hall–Kier alpha value is -6.66. The monoisotopic (exact) mass is 632 g/mol. The van der Waals surface area contributed by atoms with E-state index in [1.807, 2.05) is 67.6 Å². The van der Waals surface area contributed by atoms with Gasteiger partial charge >= 0.3 is 0 Å². The van der Waals surface area contributed by atoms with Gasteiger partial charge in [-0.1, -0.05) is 110 Å². The normalized spacial score (nSPS) is 11.8. The molecular formula is C43H28N4O2. The maximum atomic E-state index is 6.25. The summed E-state index contributed by atoms with van der Waals surface area (Å²) >= 11 is 0. The number of fused-ring (bicyclic) bond motifs is 5. The van der Waals surface area contributed by atoms with Gasteiger partial charge in [0.1, 0.15) is 16.9 Å². The van der Waals surface area contributed by atoms with E-state index in [4.69, 9.17) is 23.8 Å². The van der Waals surface area contributed by atoms with Crippen LogP contribution in [0.25, 0.3) is 101 Å². The molecule has 0 aliphatic rings. The van der Waals surface area contributed by atoms with Crippen LogP contribution in [-0.2, 0) is 0 Å². The van der Waals surface area contributed by atoms with E-state index in [-0.39, 0.29) is 0 Å². The number of para-hydroxylation sites is 1. The van der Waals surface area contributed by atoms with Crippen LogP contribution in [0, 0.1) is 0 Å². The van der Waals surface area contributed by atoms with Crippen LogP contribution in [0.2, 0.25) is 0 Å². The zero-order valence-electron chi connectivity index (χ0n) is 26.6. The highest BCUT2D eigenvalue weighted by Gasteiger charge is 2.21. The Morgan fingerprint density at radius 1 is 0.571 bits per heavy atom. The number of furan rings is 2. The first kappa shape index (κ1) is 28.6. The third-order valence-electron chi connectivity index (χ3n) is 8.93. The Kier molecular flexibility index (Phi) is 6.73. The van der Waals surface area contributed by atoms with Gasteiger partial charge in [0.15, 0.2) is 23.1 Å². The number of benzene rings is 5. The van der Waals surface area contributed by atoms with Gasteiger partial charge in [-0.15, -0.1) is 0 Å². The third kappa shape index (κ3) is 4.81. The predicted molar refractivity (Wildman–Crippen MR) is 199 cm³/mol. The molecule has 6 heteroatoms. The molecule has 4 aromatic heterocycles. The van der Waals surface area contributed by atoms with E-state index >= 15 is 0 Å². The van der Waals surface area contributed by atoms with Gasteiger partial charge in [0.05, 0.1) is 6.20 Å². The number of rotatable bonds is 6. The molecule has 0 radical (unpaired) electrons. The molecule has 6 nitrogen and oxygen atoms in total. The van der Waals surface area contributed by atoms with Crippen LogP contribution < -0.4 is 0 Å². The topological polar surface area (TPSA) is 77.8 Å². The lowest BCUT2D eigenvalue weighted by Gasteiger charge is -2.11. The van der Waals surface area contributed by atoms with Gasteiger partial charge in [-0.25, -0.2) is 15.0 Å². The molecule has 9 aromatic rings. The second kappa shape index (κ2) is 11.5. The van der Waals surface area contributed by atoms with Crippen LogP contribution in [0.5, 0.6) is 0 Å². The number of aromatic nitrogens is 4. The standard InChI is InChI=1S/C43H28N4O2/c1-3-10-35-31(4-2)39-33(14-9-16-37(39)48-35)42-45-41(28-20-17-27(18-21-28)30-22-19-26-11-5-6-12-29(26)23-30)46-43(47-42)34-24-44-25-38-40(34)32-13-7-8-15-36(32)49-38/h3-25H,2H2,1H3/b10-3-. The lowest BCUT2D eigenvalue weighted by atomic mass is 10.00. The molecule has 0 atom stereocenters. The molecule has 0 aliphatic carbocycles. The van der Waals surface area contributed by atoms with E-state index in [9.17, 15) is 0 Å².